The van der Waals surface area contributed by atoms with Gasteiger partial charge in [0.2, 0.25) is 0 Å². The zero-order valence-corrected chi connectivity index (χ0v) is 16.2. The van der Waals surface area contributed by atoms with Crippen LogP contribution in [0.25, 0.3) is 0 Å². The number of morpholine rings is 1. The lowest BCUT2D eigenvalue weighted by Crippen LogP contribution is -2.48. The molecule has 2 atom stereocenters. The van der Waals surface area contributed by atoms with Gasteiger partial charge in [-0.25, -0.2) is 0 Å². The van der Waals surface area contributed by atoms with Gasteiger partial charge in [-0.1, -0.05) is 0 Å². The first-order chi connectivity index (χ1) is 11.9. The minimum Gasteiger partial charge on any atom is -0.495 e. The first kappa shape index (κ1) is 18.3. The molecule has 2 heterocycles. The van der Waals surface area contributed by atoms with E-state index in [1.54, 1.807) is 7.11 Å². The number of methoxy groups -OCH3 is 1. The van der Waals surface area contributed by atoms with E-state index in [0.717, 1.165) is 44.0 Å². The van der Waals surface area contributed by atoms with Crippen LogP contribution < -0.4 is 15.0 Å². The van der Waals surface area contributed by atoms with Gasteiger partial charge < -0.3 is 24.4 Å². The number of hydrogen-bond donors (Lipinski definition) is 1. The summed E-state index contributed by atoms with van der Waals surface area (Å²) in [6.45, 7) is 11.1. The zero-order chi connectivity index (χ0) is 18.0. The Balaban J connectivity index is 1.73. The van der Waals surface area contributed by atoms with Crippen molar-refractivity contribution in [2.45, 2.75) is 64.4 Å². The van der Waals surface area contributed by atoms with Crippen LogP contribution in [-0.2, 0) is 9.47 Å². The Bertz CT molecular complexity index is 580. The van der Waals surface area contributed by atoms with Gasteiger partial charge >= 0.3 is 0 Å². The molecule has 0 amide bonds. The van der Waals surface area contributed by atoms with E-state index >= 15 is 0 Å². The van der Waals surface area contributed by atoms with Gasteiger partial charge in [0.25, 0.3) is 0 Å². The Morgan fingerprint density at radius 3 is 2.56 bits per heavy atom. The molecule has 2 saturated heterocycles. The van der Waals surface area contributed by atoms with Crippen LogP contribution >= 0.6 is 0 Å². The Morgan fingerprint density at radius 2 is 1.92 bits per heavy atom. The van der Waals surface area contributed by atoms with E-state index in [2.05, 4.69) is 56.1 Å². The van der Waals surface area contributed by atoms with Crippen LogP contribution in [0.15, 0.2) is 18.2 Å². The molecule has 25 heavy (non-hydrogen) atoms. The Morgan fingerprint density at radius 1 is 1.20 bits per heavy atom. The molecule has 0 bridgehead atoms. The first-order valence-corrected chi connectivity index (χ1v) is 9.35. The van der Waals surface area contributed by atoms with Crippen molar-refractivity contribution in [2.24, 2.45) is 0 Å². The zero-order valence-electron chi connectivity index (χ0n) is 16.2. The van der Waals surface area contributed by atoms with Crippen LogP contribution in [0, 0.1) is 0 Å². The molecular formula is C20H32N2O3. The second kappa shape index (κ2) is 7.42. The molecule has 140 valence electrons. The minimum absolute atomic E-state index is 0.114. The van der Waals surface area contributed by atoms with Crippen molar-refractivity contribution < 1.29 is 14.2 Å². The van der Waals surface area contributed by atoms with Crippen LogP contribution in [0.2, 0.25) is 0 Å². The van der Waals surface area contributed by atoms with Crippen LogP contribution in [-0.4, -0.2) is 50.7 Å². The van der Waals surface area contributed by atoms with E-state index in [0.29, 0.717) is 18.2 Å². The Labute approximate surface area is 151 Å². The molecule has 2 aliphatic heterocycles. The summed E-state index contributed by atoms with van der Waals surface area (Å²) in [6.07, 6.45) is 2.63. The lowest BCUT2D eigenvalue weighted by atomic mass is 9.99. The van der Waals surface area contributed by atoms with Gasteiger partial charge in [-0.05, 0) is 52.7 Å². The van der Waals surface area contributed by atoms with E-state index in [1.807, 2.05) is 0 Å². The summed E-state index contributed by atoms with van der Waals surface area (Å²) in [5, 5.41) is 3.66. The second-order valence-electron chi connectivity index (χ2n) is 7.98. The van der Waals surface area contributed by atoms with Crippen molar-refractivity contribution >= 4 is 11.4 Å². The maximum Gasteiger partial charge on any atom is 0.144 e. The molecule has 0 aliphatic carbocycles. The molecule has 3 rings (SSSR count). The highest BCUT2D eigenvalue weighted by Crippen LogP contribution is 2.33. The molecule has 0 spiro atoms. The highest BCUT2D eigenvalue weighted by atomic mass is 16.5. The second-order valence-corrected chi connectivity index (χ2v) is 7.98. The van der Waals surface area contributed by atoms with Crippen molar-refractivity contribution in [3.8, 4) is 5.75 Å². The fourth-order valence-electron chi connectivity index (χ4n) is 3.98. The van der Waals surface area contributed by atoms with Crippen LogP contribution in [0.3, 0.4) is 0 Å². The molecule has 5 heteroatoms. The number of ether oxygens (including phenoxy) is 3. The van der Waals surface area contributed by atoms with Gasteiger partial charge in [-0.15, -0.1) is 0 Å². The highest BCUT2D eigenvalue weighted by molar-refractivity contribution is 5.65. The maximum absolute atomic E-state index is 5.84. The molecular weight excluding hydrogens is 316 g/mol. The number of hydrogen-bond acceptors (Lipinski definition) is 5. The number of anilines is 2. The third-order valence-electron chi connectivity index (χ3n) is 5.03. The summed E-state index contributed by atoms with van der Waals surface area (Å²) >= 11 is 0. The molecule has 0 saturated carbocycles. The van der Waals surface area contributed by atoms with Gasteiger partial charge in [0, 0.05) is 30.9 Å². The van der Waals surface area contributed by atoms with Crippen LogP contribution in [0.1, 0.15) is 40.5 Å². The summed E-state index contributed by atoms with van der Waals surface area (Å²) < 4.78 is 17.3. The largest absolute Gasteiger partial charge is 0.495 e. The molecule has 1 aromatic carbocycles. The molecule has 1 aromatic rings. The van der Waals surface area contributed by atoms with Crippen molar-refractivity contribution in [3.05, 3.63) is 18.2 Å². The van der Waals surface area contributed by atoms with Gasteiger partial charge in [0.05, 0.1) is 37.2 Å². The quantitative estimate of drug-likeness (QED) is 0.899. The fraction of sp³-hybridized carbons (Fsp3) is 0.700. The average molecular weight is 348 g/mol. The smallest absolute Gasteiger partial charge is 0.144 e. The van der Waals surface area contributed by atoms with E-state index in [9.17, 15) is 0 Å². The Hall–Kier alpha value is -1.46. The van der Waals surface area contributed by atoms with E-state index in [-0.39, 0.29) is 5.60 Å². The third-order valence-corrected chi connectivity index (χ3v) is 5.03. The Kier molecular flexibility index (Phi) is 5.44. The standard InChI is InChI=1S/C20H32N2O3/c1-14-10-16(11-15(2)25-14)21-18-7-6-17(12-19(18)23-5)22-8-9-24-20(3,4)13-22/h6-7,12,14-16,21H,8-11,13H2,1-5H3/t14-,15-/m0/s1. The van der Waals surface area contributed by atoms with Crippen LogP contribution in [0.4, 0.5) is 11.4 Å². The van der Waals surface area contributed by atoms with Gasteiger partial charge in [0.1, 0.15) is 5.75 Å². The van der Waals surface area contributed by atoms with Crippen molar-refractivity contribution in [1.29, 1.82) is 0 Å². The number of rotatable bonds is 4. The van der Waals surface area contributed by atoms with Gasteiger partial charge in [-0.3, -0.25) is 0 Å². The number of benzene rings is 1. The summed E-state index contributed by atoms with van der Waals surface area (Å²) in [6, 6.07) is 6.87. The number of nitrogens with one attached hydrogen (secondary N) is 1. The summed E-state index contributed by atoms with van der Waals surface area (Å²) in [5.41, 5.74) is 2.13. The van der Waals surface area contributed by atoms with Crippen LogP contribution in [0.5, 0.6) is 5.75 Å². The number of nitrogens with zero attached hydrogens (tertiary/aromatic N) is 1. The molecule has 0 unspecified atom stereocenters. The van der Waals surface area contributed by atoms with E-state index < -0.39 is 0 Å². The lowest BCUT2D eigenvalue weighted by molar-refractivity contribution is -0.0338. The van der Waals surface area contributed by atoms with E-state index in [4.69, 9.17) is 14.2 Å². The van der Waals surface area contributed by atoms with Gasteiger partial charge in [-0.2, -0.15) is 0 Å². The molecule has 0 aromatic heterocycles. The normalized spacial score (nSPS) is 29.3. The molecule has 2 fully saturated rings. The monoisotopic (exact) mass is 348 g/mol. The summed E-state index contributed by atoms with van der Waals surface area (Å²) in [5.74, 6) is 0.897. The van der Waals surface area contributed by atoms with Gasteiger partial charge in [0.15, 0.2) is 0 Å². The molecule has 2 aliphatic rings. The highest BCUT2D eigenvalue weighted by Gasteiger charge is 2.28. The predicted molar refractivity (Wildman–Crippen MR) is 102 cm³/mol. The summed E-state index contributed by atoms with van der Waals surface area (Å²) in [7, 11) is 1.74. The first-order valence-electron chi connectivity index (χ1n) is 9.35. The predicted octanol–water partition coefficient (Wildman–Crippen LogP) is 3.68. The maximum atomic E-state index is 5.84. The molecule has 1 N–H and O–H groups in total. The SMILES string of the molecule is COc1cc(N2CCOC(C)(C)C2)ccc1NC1C[C@H](C)O[C@@H](C)C1. The van der Waals surface area contributed by atoms with E-state index in [1.165, 1.54) is 5.69 Å². The lowest BCUT2D eigenvalue weighted by Gasteiger charge is -2.39. The average Bonchev–Trinajstić information content (AvgIpc) is 2.53. The molecule has 5 nitrogen and oxygen atoms in total. The fourth-order valence-corrected chi connectivity index (χ4v) is 3.98. The topological polar surface area (TPSA) is 43.0 Å². The molecule has 0 radical (unpaired) electrons. The van der Waals surface area contributed by atoms with Crippen molar-refractivity contribution in [3.63, 3.8) is 0 Å². The summed E-state index contributed by atoms with van der Waals surface area (Å²) in [4.78, 5) is 2.37. The third kappa shape index (κ3) is 4.59. The van der Waals surface area contributed by atoms with Crippen molar-refractivity contribution in [2.75, 3.05) is 37.0 Å². The van der Waals surface area contributed by atoms with Crippen molar-refractivity contribution in [1.82, 2.24) is 0 Å². The minimum atomic E-state index is -0.114.